The summed E-state index contributed by atoms with van der Waals surface area (Å²) >= 11 is 0. The van der Waals surface area contributed by atoms with Crippen LogP contribution in [0.25, 0.3) is 0 Å². The maximum atomic E-state index is 4.37. The predicted molar refractivity (Wildman–Crippen MR) is 108 cm³/mol. The van der Waals surface area contributed by atoms with Crippen LogP contribution >= 0.6 is 0 Å². The maximum Gasteiger partial charge on any atom is 0.191 e. The van der Waals surface area contributed by atoms with Crippen LogP contribution in [0.3, 0.4) is 0 Å². The van der Waals surface area contributed by atoms with Gasteiger partial charge in [0.25, 0.3) is 0 Å². The molecular formula is C20H30N6. The van der Waals surface area contributed by atoms with Gasteiger partial charge in [-0.15, -0.1) is 0 Å². The zero-order chi connectivity index (χ0) is 18.4. The van der Waals surface area contributed by atoms with E-state index in [1.165, 1.54) is 29.7 Å². The Morgan fingerprint density at radius 1 is 1.23 bits per heavy atom. The molecule has 6 heteroatoms. The van der Waals surface area contributed by atoms with Gasteiger partial charge in [0.2, 0.25) is 0 Å². The Labute approximate surface area is 156 Å². The van der Waals surface area contributed by atoms with Crippen molar-refractivity contribution in [3.63, 3.8) is 0 Å². The van der Waals surface area contributed by atoms with Gasteiger partial charge in [-0.1, -0.05) is 17.7 Å². The molecule has 1 aliphatic rings. The molecule has 2 aromatic rings. The van der Waals surface area contributed by atoms with Crippen molar-refractivity contribution in [3.05, 3.63) is 47.8 Å². The average Bonchev–Trinajstić information content (AvgIpc) is 3.07. The Hall–Kier alpha value is -2.50. The number of hydrogen-bond donors (Lipinski definition) is 2. The first kappa shape index (κ1) is 18.3. The average molecular weight is 355 g/mol. The largest absolute Gasteiger partial charge is 0.369 e. The fourth-order valence-electron chi connectivity index (χ4n) is 3.35. The van der Waals surface area contributed by atoms with Crippen molar-refractivity contribution < 1.29 is 0 Å². The highest BCUT2D eigenvalue weighted by molar-refractivity contribution is 5.80. The number of nitrogens with zero attached hydrogens (tertiary/aromatic N) is 4. The summed E-state index contributed by atoms with van der Waals surface area (Å²) in [5.74, 6) is 0.865. The molecule has 0 saturated carbocycles. The Morgan fingerprint density at radius 2 is 2.04 bits per heavy atom. The SMILES string of the molecule is CN=C(NCCn1cc(C)cn1)NC1CCCN(c2ccc(C)cc2)C1. The van der Waals surface area contributed by atoms with Gasteiger partial charge in [-0.2, -0.15) is 5.10 Å². The van der Waals surface area contributed by atoms with E-state index in [9.17, 15) is 0 Å². The summed E-state index contributed by atoms with van der Waals surface area (Å²) in [6.45, 7) is 7.93. The van der Waals surface area contributed by atoms with E-state index in [1.807, 2.05) is 17.9 Å². The van der Waals surface area contributed by atoms with Crippen LogP contribution in [-0.2, 0) is 6.54 Å². The number of piperidine rings is 1. The lowest BCUT2D eigenvalue weighted by molar-refractivity contribution is 0.466. The first-order valence-electron chi connectivity index (χ1n) is 9.42. The van der Waals surface area contributed by atoms with Gasteiger partial charge in [-0.25, -0.2) is 0 Å². The second kappa shape index (κ2) is 8.74. The summed E-state index contributed by atoms with van der Waals surface area (Å²) in [6, 6.07) is 9.21. The molecule has 2 heterocycles. The van der Waals surface area contributed by atoms with Crippen molar-refractivity contribution in [2.75, 3.05) is 31.6 Å². The number of benzene rings is 1. The molecule has 0 aliphatic carbocycles. The van der Waals surface area contributed by atoms with Crippen LogP contribution in [0.5, 0.6) is 0 Å². The number of nitrogens with one attached hydrogen (secondary N) is 2. The molecule has 1 aromatic heterocycles. The van der Waals surface area contributed by atoms with E-state index in [0.29, 0.717) is 6.04 Å². The minimum atomic E-state index is 0.406. The second-order valence-electron chi connectivity index (χ2n) is 7.04. The highest BCUT2D eigenvalue weighted by atomic mass is 15.3. The van der Waals surface area contributed by atoms with Gasteiger partial charge in [0.15, 0.2) is 5.96 Å². The van der Waals surface area contributed by atoms with Crippen molar-refractivity contribution in [3.8, 4) is 0 Å². The lowest BCUT2D eigenvalue weighted by atomic mass is 10.0. The van der Waals surface area contributed by atoms with Crippen molar-refractivity contribution >= 4 is 11.6 Å². The number of anilines is 1. The van der Waals surface area contributed by atoms with Crippen molar-refractivity contribution in [2.24, 2.45) is 4.99 Å². The third kappa shape index (κ3) is 5.00. The normalized spacial score (nSPS) is 18.0. The monoisotopic (exact) mass is 354 g/mol. The lowest BCUT2D eigenvalue weighted by Crippen LogP contribution is -2.51. The molecule has 140 valence electrons. The Morgan fingerprint density at radius 3 is 2.73 bits per heavy atom. The fraction of sp³-hybridized carbons (Fsp3) is 0.500. The summed E-state index contributed by atoms with van der Waals surface area (Å²) in [6.07, 6.45) is 6.30. The molecule has 0 amide bonds. The molecule has 6 nitrogen and oxygen atoms in total. The van der Waals surface area contributed by atoms with Crippen molar-refractivity contribution in [1.82, 2.24) is 20.4 Å². The predicted octanol–water partition coefficient (Wildman–Crippen LogP) is 2.33. The summed E-state index contributed by atoms with van der Waals surface area (Å²) in [4.78, 5) is 6.83. The van der Waals surface area contributed by atoms with E-state index >= 15 is 0 Å². The van der Waals surface area contributed by atoms with Crippen molar-refractivity contribution in [2.45, 2.75) is 39.3 Å². The first-order chi connectivity index (χ1) is 12.6. The van der Waals surface area contributed by atoms with Crippen molar-refractivity contribution in [1.29, 1.82) is 0 Å². The molecule has 0 spiro atoms. The molecule has 1 aromatic carbocycles. The Bertz CT molecular complexity index is 718. The minimum absolute atomic E-state index is 0.406. The number of hydrogen-bond acceptors (Lipinski definition) is 3. The van der Waals surface area contributed by atoms with E-state index in [-0.39, 0.29) is 0 Å². The lowest BCUT2D eigenvalue weighted by Gasteiger charge is -2.35. The van der Waals surface area contributed by atoms with E-state index in [4.69, 9.17) is 0 Å². The molecule has 1 fully saturated rings. The van der Waals surface area contributed by atoms with Gasteiger partial charge < -0.3 is 15.5 Å². The first-order valence-corrected chi connectivity index (χ1v) is 9.42. The van der Waals surface area contributed by atoms with Crippen LogP contribution in [0.15, 0.2) is 41.7 Å². The number of rotatable bonds is 5. The molecule has 0 bridgehead atoms. The second-order valence-corrected chi connectivity index (χ2v) is 7.04. The van der Waals surface area contributed by atoms with Crippen LogP contribution < -0.4 is 15.5 Å². The van der Waals surface area contributed by atoms with Crippen LogP contribution in [0.2, 0.25) is 0 Å². The highest BCUT2D eigenvalue weighted by Crippen LogP contribution is 2.20. The molecule has 1 unspecified atom stereocenters. The minimum Gasteiger partial charge on any atom is -0.369 e. The van der Waals surface area contributed by atoms with E-state index in [2.05, 4.69) is 69.9 Å². The van der Waals surface area contributed by atoms with E-state index in [0.717, 1.165) is 32.1 Å². The molecule has 0 radical (unpaired) electrons. The standard InChI is InChI=1S/C20H30N6/c1-16-6-8-19(9-7-16)25-11-4-5-18(15-25)24-20(21-3)22-10-12-26-14-17(2)13-23-26/h6-9,13-14,18H,4-5,10-12,15H2,1-3H3,(H2,21,22,24). The Kier molecular flexibility index (Phi) is 6.15. The Balaban J connectivity index is 1.48. The quantitative estimate of drug-likeness (QED) is 0.639. The zero-order valence-electron chi connectivity index (χ0n) is 16.1. The third-order valence-corrected chi connectivity index (χ3v) is 4.78. The van der Waals surface area contributed by atoms with Gasteiger partial charge in [-0.3, -0.25) is 9.67 Å². The van der Waals surface area contributed by atoms with Crippen LogP contribution in [0, 0.1) is 13.8 Å². The number of aliphatic imine (C=N–C) groups is 1. The maximum absolute atomic E-state index is 4.37. The molecule has 3 rings (SSSR count). The number of aryl methyl sites for hydroxylation is 2. The van der Waals surface area contributed by atoms with Gasteiger partial charge in [0.1, 0.15) is 0 Å². The fourth-order valence-corrected chi connectivity index (χ4v) is 3.35. The number of aromatic nitrogens is 2. The smallest absolute Gasteiger partial charge is 0.191 e. The van der Waals surface area contributed by atoms with Crippen LogP contribution in [0.4, 0.5) is 5.69 Å². The van der Waals surface area contributed by atoms with Gasteiger partial charge >= 0.3 is 0 Å². The highest BCUT2D eigenvalue weighted by Gasteiger charge is 2.20. The third-order valence-electron chi connectivity index (χ3n) is 4.78. The zero-order valence-corrected chi connectivity index (χ0v) is 16.1. The summed E-state index contributed by atoms with van der Waals surface area (Å²) in [7, 11) is 1.83. The molecule has 26 heavy (non-hydrogen) atoms. The summed E-state index contributed by atoms with van der Waals surface area (Å²) in [5.41, 5.74) is 3.79. The molecular weight excluding hydrogens is 324 g/mol. The molecule has 2 N–H and O–H groups in total. The number of guanidine groups is 1. The molecule has 1 saturated heterocycles. The topological polar surface area (TPSA) is 57.5 Å². The van der Waals surface area contributed by atoms with Gasteiger partial charge in [-0.05, 0) is 44.4 Å². The summed E-state index contributed by atoms with van der Waals surface area (Å²) < 4.78 is 1.95. The molecule has 1 aliphatic heterocycles. The van der Waals surface area contributed by atoms with Gasteiger partial charge in [0, 0.05) is 44.6 Å². The van der Waals surface area contributed by atoms with Crippen LogP contribution in [0.1, 0.15) is 24.0 Å². The summed E-state index contributed by atoms with van der Waals surface area (Å²) in [5, 5.41) is 11.3. The van der Waals surface area contributed by atoms with Crippen LogP contribution in [-0.4, -0.2) is 48.5 Å². The van der Waals surface area contributed by atoms with Gasteiger partial charge in [0.05, 0.1) is 12.7 Å². The molecule has 1 atom stereocenters. The van der Waals surface area contributed by atoms with E-state index in [1.54, 1.807) is 0 Å². The van der Waals surface area contributed by atoms with E-state index < -0.39 is 0 Å².